The van der Waals surface area contributed by atoms with Crippen LogP contribution in [0.4, 0.5) is 10.1 Å². The van der Waals surface area contributed by atoms with Gasteiger partial charge in [-0.3, -0.25) is 4.98 Å². The van der Waals surface area contributed by atoms with Gasteiger partial charge in [-0.2, -0.15) is 0 Å². The summed E-state index contributed by atoms with van der Waals surface area (Å²) in [4.78, 5) is 10.5. The molecule has 0 N–H and O–H groups in total. The molecule has 3 rings (SSSR count). The van der Waals surface area contributed by atoms with E-state index < -0.39 is 0 Å². The number of hydrogen-bond donors (Lipinski definition) is 0. The minimum absolute atomic E-state index is 0.238. The highest BCUT2D eigenvalue weighted by Gasteiger charge is 2.26. The first kappa shape index (κ1) is 15.0. The molecule has 0 spiro atoms. The van der Waals surface area contributed by atoms with Crippen molar-refractivity contribution in [3.8, 4) is 0 Å². The third kappa shape index (κ3) is 3.13. The van der Waals surface area contributed by atoms with E-state index in [1.165, 1.54) is 19.0 Å². The number of halogens is 1. The standard InChI is InChI=1S/C17H23FN4/c1-2-3-9-21-11-8-20-17(21)14-5-4-10-22(13-14)16-6-7-19-12-15(16)18/h6-8,11-12,14H,2-5,9-10,13H2,1H3/t14-/m0/s1. The van der Waals surface area contributed by atoms with Crippen LogP contribution in [0.5, 0.6) is 0 Å². The van der Waals surface area contributed by atoms with E-state index in [-0.39, 0.29) is 5.82 Å². The summed E-state index contributed by atoms with van der Waals surface area (Å²) >= 11 is 0. The summed E-state index contributed by atoms with van der Waals surface area (Å²) in [5, 5.41) is 0. The van der Waals surface area contributed by atoms with Crippen molar-refractivity contribution in [3.05, 3.63) is 42.5 Å². The van der Waals surface area contributed by atoms with Gasteiger partial charge in [0.1, 0.15) is 5.82 Å². The fourth-order valence-electron chi connectivity index (χ4n) is 3.23. The third-order valence-electron chi connectivity index (χ3n) is 4.38. The number of aromatic nitrogens is 3. The Morgan fingerprint density at radius 3 is 3.09 bits per heavy atom. The van der Waals surface area contributed by atoms with Crippen molar-refractivity contribution >= 4 is 5.69 Å². The fraction of sp³-hybridized carbons (Fsp3) is 0.529. The zero-order valence-corrected chi connectivity index (χ0v) is 13.1. The first-order chi connectivity index (χ1) is 10.8. The lowest BCUT2D eigenvalue weighted by Gasteiger charge is -2.34. The molecule has 22 heavy (non-hydrogen) atoms. The maximum atomic E-state index is 14.0. The molecule has 0 unspecified atom stereocenters. The van der Waals surface area contributed by atoms with Crippen LogP contribution >= 0.6 is 0 Å². The zero-order chi connectivity index (χ0) is 15.4. The number of hydrogen-bond acceptors (Lipinski definition) is 3. The molecular formula is C17H23FN4. The van der Waals surface area contributed by atoms with Gasteiger partial charge in [-0.25, -0.2) is 9.37 Å². The molecule has 1 aliphatic heterocycles. The van der Waals surface area contributed by atoms with E-state index in [1.54, 1.807) is 12.3 Å². The molecule has 2 aromatic rings. The predicted octanol–water partition coefficient (Wildman–Crippen LogP) is 3.60. The quantitative estimate of drug-likeness (QED) is 0.846. The summed E-state index contributed by atoms with van der Waals surface area (Å²) in [6, 6.07) is 1.77. The van der Waals surface area contributed by atoms with E-state index >= 15 is 0 Å². The normalized spacial score (nSPS) is 18.6. The number of unbranched alkanes of at least 4 members (excludes halogenated alkanes) is 1. The molecular weight excluding hydrogens is 279 g/mol. The summed E-state index contributed by atoms with van der Waals surface area (Å²) in [5.41, 5.74) is 0.659. The average Bonchev–Trinajstić information content (AvgIpc) is 3.02. The number of anilines is 1. The molecule has 4 nitrogen and oxygen atoms in total. The second-order valence-electron chi connectivity index (χ2n) is 5.94. The molecule has 0 amide bonds. The molecule has 0 saturated carbocycles. The van der Waals surface area contributed by atoms with Crippen molar-refractivity contribution in [2.24, 2.45) is 0 Å². The maximum absolute atomic E-state index is 14.0. The Labute approximate surface area is 131 Å². The summed E-state index contributed by atoms with van der Waals surface area (Å²) in [6.07, 6.45) is 11.4. The van der Waals surface area contributed by atoms with E-state index in [0.29, 0.717) is 11.6 Å². The molecule has 0 aliphatic carbocycles. The molecule has 1 fully saturated rings. The van der Waals surface area contributed by atoms with Crippen molar-refractivity contribution in [2.45, 2.75) is 45.1 Å². The van der Waals surface area contributed by atoms with Crippen LogP contribution in [0.3, 0.4) is 0 Å². The van der Waals surface area contributed by atoms with E-state index in [0.717, 1.165) is 38.3 Å². The Morgan fingerprint density at radius 1 is 1.36 bits per heavy atom. The van der Waals surface area contributed by atoms with Gasteiger partial charge in [0.05, 0.1) is 11.9 Å². The minimum Gasteiger partial charge on any atom is -0.368 e. The highest BCUT2D eigenvalue weighted by atomic mass is 19.1. The number of imidazole rings is 1. The Bertz CT molecular complexity index is 610. The first-order valence-electron chi connectivity index (χ1n) is 8.15. The van der Waals surface area contributed by atoms with Crippen molar-refractivity contribution in [2.75, 3.05) is 18.0 Å². The fourth-order valence-corrected chi connectivity index (χ4v) is 3.23. The van der Waals surface area contributed by atoms with Crippen LogP contribution in [0.1, 0.15) is 44.3 Å². The maximum Gasteiger partial charge on any atom is 0.164 e. The minimum atomic E-state index is -0.238. The van der Waals surface area contributed by atoms with Crippen LogP contribution in [-0.2, 0) is 6.54 Å². The van der Waals surface area contributed by atoms with Crippen molar-refractivity contribution in [3.63, 3.8) is 0 Å². The molecule has 0 aromatic carbocycles. The molecule has 1 atom stereocenters. The Kier molecular flexibility index (Phi) is 4.71. The van der Waals surface area contributed by atoms with E-state index in [1.807, 2.05) is 6.20 Å². The van der Waals surface area contributed by atoms with Gasteiger partial charge in [-0.05, 0) is 25.3 Å². The molecule has 1 saturated heterocycles. The average molecular weight is 302 g/mol. The van der Waals surface area contributed by atoms with E-state index in [9.17, 15) is 4.39 Å². The third-order valence-corrected chi connectivity index (χ3v) is 4.38. The molecule has 1 aliphatic rings. The highest BCUT2D eigenvalue weighted by Crippen LogP contribution is 2.30. The lowest BCUT2D eigenvalue weighted by atomic mass is 9.96. The second kappa shape index (κ2) is 6.90. The monoisotopic (exact) mass is 302 g/mol. The van der Waals surface area contributed by atoms with Gasteiger partial charge in [0, 0.05) is 44.1 Å². The molecule has 0 radical (unpaired) electrons. The number of rotatable bonds is 5. The first-order valence-corrected chi connectivity index (χ1v) is 8.15. The Hall–Kier alpha value is -1.91. The van der Waals surface area contributed by atoms with Crippen molar-refractivity contribution < 1.29 is 4.39 Å². The molecule has 0 bridgehead atoms. The van der Waals surface area contributed by atoms with Gasteiger partial charge in [-0.15, -0.1) is 0 Å². The van der Waals surface area contributed by atoms with Crippen LogP contribution < -0.4 is 4.90 Å². The zero-order valence-electron chi connectivity index (χ0n) is 13.1. The summed E-state index contributed by atoms with van der Waals surface area (Å²) in [5.74, 6) is 1.28. The SMILES string of the molecule is CCCCn1ccnc1[C@H]1CCCN(c2ccncc2F)C1. The molecule has 3 heterocycles. The van der Waals surface area contributed by atoms with Crippen LogP contribution in [-0.4, -0.2) is 27.6 Å². The molecule has 2 aromatic heterocycles. The van der Waals surface area contributed by atoms with Gasteiger partial charge >= 0.3 is 0 Å². The summed E-state index contributed by atoms with van der Waals surface area (Å²) in [6.45, 7) is 4.94. The van der Waals surface area contributed by atoms with Gasteiger partial charge < -0.3 is 9.47 Å². The van der Waals surface area contributed by atoms with Crippen molar-refractivity contribution in [1.29, 1.82) is 0 Å². The summed E-state index contributed by atoms with van der Waals surface area (Å²) in [7, 11) is 0. The van der Waals surface area contributed by atoms with E-state index in [4.69, 9.17) is 0 Å². The van der Waals surface area contributed by atoms with Crippen molar-refractivity contribution in [1.82, 2.24) is 14.5 Å². The number of nitrogens with zero attached hydrogens (tertiary/aromatic N) is 4. The van der Waals surface area contributed by atoms with E-state index in [2.05, 4.69) is 32.6 Å². The number of piperidine rings is 1. The largest absolute Gasteiger partial charge is 0.368 e. The number of aryl methyl sites for hydroxylation is 1. The summed E-state index contributed by atoms with van der Waals surface area (Å²) < 4.78 is 16.2. The van der Waals surface area contributed by atoms with Gasteiger partial charge in [0.25, 0.3) is 0 Å². The predicted molar refractivity (Wildman–Crippen MR) is 85.5 cm³/mol. The van der Waals surface area contributed by atoms with Crippen LogP contribution in [0.2, 0.25) is 0 Å². The second-order valence-corrected chi connectivity index (χ2v) is 5.94. The van der Waals surface area contributed by atoms with Gasteiger partial charge in [0.15, 0.2) is 5.82 Å². The smallest absolute Gasteiger partial charge is 0.164 e. The Balaban J connectivity index is 1.76. The lowest BCUT2D eigenvalue weighted by molar-refractivity contribution is 0.461. The molecule has 5 heteroatoms. The van der Waals surface area contributed by atoms with Gasteiger partial charge in [0.2, 0.25) is 0 Å². The highest BCUT2D eigenvalue weighted by molar-refractivity contribution is 5.47. The Morgan fingerprint density at radius 2 is 2.27 bits per heavy atom. The molecule has 118 valence electrons. The lowest BCUT2D eigenvalue weighted by Crippen LogP contribution is -2.36. The van der Waals surface area contributed by atoms with Crippen LogP contribution in [0.15, 0.2) is 30.9 Å². The van der Waals surface area contributed by atoms with Gasteiger partial charge in [-0.1, -0.05) is 13.3 Å². The number of pyridine rings is 1. The van der Waals surface area contributed by atoms with Crippen LogP contribution in [0.25, 0.3) is 0 Å². The van der Waals surface area contributed by atoms with Crippen LogP contribution in [0, 0.1) is 5.82 Å². The topological polar surface area (TPSA) is 34.0 Å².